The Morgan fingerprint density at radius 1 is 1.39 bits per heavy atom. The van der Waals surface area contributed by atoms with Crippen LogP contribution >= 0.6 is 0 Å². The van der Waals surface area contributed by atoms with Crippen LogP contribution in [-0.4, -0.2) is 24.2 Å². The first-order valence-corrected chi connectivity index (χ1v) is 7.21. The maximum absolute atomic E-state index is 12.1. The lowest BCUT2D eigenvalue weighted by Gasteiger charge is -2.32. The molecule has 1 amide bonds. The van der Waals surface area contributed by atoms with Crippen LogP contribution in [0.5, 0.6) is 0 Å². The van der Waals surface area contributed by atoms with E-state index in [2.05, 4.69) is 31.3 Å². The lowest BCUT2D eigenvalue weighted by atomic mass is 9.79. The van der Waals surface area contributed by atoms with E-state index in [9.17, 15) is 4.79 Å². The van der Waals surface area contributed by atoms with Gasteiger partial charge < -0.3 is 10.4 Å². The maximum atomic E-state index is 12.1. The van der Waals surface area contributed by atoms with Crippen molar-refractivity contribution in [3.8, 4) is 0 Å². The Morgan fingerprint density at radius 2 is 2.11 bits per heavy atom. The van der Waals surface area contributed by atoms with Crippen molar-refractivity contribution in [3.63, 3.8) is 0 Å². The normalized spacial score (nSPS) is 19.8. The summed E-state index contributed by atoms with van der Waals surface area (Å²) in [6.07, 6.45) is 9.87. The van der Waals surface area contributed by atoms with E-state index in [1.165, 1.54) is 0 Å². The molecule has 0 heterocycles. The number of hydrogen-bond donors (Lipinski definition) is 2. The van der Waals surface area contributed by atoms with Crippen LogP contribution in [0.25, 0.3) is 0 Å². The molecule has 104 valence electrons. The van der Waals surface area contributed by atoms with Gasteiger partial charge in [-0.2, -0.15) is 0 Å². The van der Waals surface area contributed by atoms with Crippen LogP contribution in [0.2, 0.25) is 0 Å². The van der Waals surface area contributed by atoms with Crippen molar-refractivity contribution in [1.29, 1.82) is 0 Å². The van der Waals surface area contributed by atoms with Crippen molar-refractivity contribution in [2.24, 2.45) is 11.3 Å². The highest BCUT2D eigenvalue weighted by molar-refractivity contribution is 5.79. The first-order chi connectivity index (χ1) is 8.67. The van der Waals surface area contributed by atoms with Gasteiger partial charge in [-0.3, -0.25) is 4.79 Å². The van der Waals surface area contributed by atoms with Gasteiger partial charge in [0.15, 0.2) is 0 Å². The topological polar surface area (TPSA) is 49.3 Å². The largest absolute Gasteiger partial charge is 0.396 e. The Kier molecular flexibility index (Phi) is 6.41. The van der Waals surface area contributed by atoms with Crippen molar-refractivity contribution in [1.82, 2.24) is 5.32 Å². The minimum atomic E-state index is 0.0644. The fourth-order valence-corrected chi connectivity index (χ4v) is 2.63. The molecule has 18 heavy (non-hydrogen) atoms. The molecule has 2 N–H and O–H groups in total. The summed E-state index contributed by atoms with van der Waals surface area (Å²) in [7, 11) is 0. The van der Waals surface area contributed by atoms with E-state index in [0.717, 1.165) is 38.5 Å². The number of carbonyl (C=O) groups is 1. The molecule has 0 aromatic heterocycles. The lowest BCUT2D eigenvalue weighted by molar-refractivity contribution is -0.125. The van der Waals surface area contributed by atoms with Crippen LogP contribution in [-0.2, 0) is 4.79 Å². The number of amides is 1. The minimum Gasteiger partial charge on any atom is -0.396 e. The molecule has 0 spiro atoms. The first-order valence-electron chi connectivity index (χ1n) is 7.21. The second-order valence-corrected chi connectivity index (χ2v) is 5.38. The highest BCUT2D eigenvalue weighted by Gasteiger charge is 2.27. The molecule has 3 heteroatoms. The quantitative estimate of drug-likeness (QED) is 0.685. The molecule has 1 aliphatic carbocycles. The SMILES string of the molecule is CCC(CC)(CCO)CNC(=O)C1CC=CCC1. The van der Waals surface area contributed by atoms with Crippen molar-refractivity contribution in [2.75, 3.05) is 13.2 Å². The zero-order chi connectivity index (χ0) is 13.4. The summed E-state index contributed by atoms with van der Waals surface area (Å²) in [6.45, 7) is 5.16. The lowest BCUT2D eigenvalue weighted by Crippen LogP contribution is -2.40. The third kappa shape index (κ3) is 4.13. The van der Waals surface area contributed by atoms with Crippen LogP contribution in [0.1, 0.15) is 52.4 Å². The van der Waals surface area contributed by atoms with Crippen LogP contribution in [0.4, 0.5) is 0 Å². The van der Waals surface area contributed by atoms with Gasteiger partial charge in [0.1, 0.15) is 0 Å². The molecule has 3 nitrogen and oxygen atoms in total. The van der Waals surface area contributed by atoms with Gasteiger partial charge in [-0.1, -0.05) is 26.0 Å². The fourth-order valence-electron chi connectivity index (χ4n) is 2.63. The smallest absolute Gasteiger partial charge is 0.223 e. The summed E-state index contributed by atoms with van der Waals surface area (Å²) in [5.41, 5.74) is 0.0644. The second kappa shape index (κ2) is 7.57. The monoisotopic (exact) mass is 253 g/mol. The van der Waals surface area contributed by atoms with Gasteiger partial charge in [-0.15, -0.1) is 0 Å². The number of rotatable bonds is 7. The van der Waals surface area contributed by atoms with E-state index >= 15 is 0 Å². The van der Waals surface area contributed by atoms with E-state index < -0.39 is 0 Å². The summed E-state index contributed by atoms with van der Waals surface area (Å²) in [4.78, 5) is 12.1. The molecular weight excluding hydrogens is 226 g/mol. The summed E-state index contributed by atoms with van der Waals surface area (Å²) in [5.74, 6) is 0.333. The first kappa shape index (κ1) is 15.2. The highest BCUT2D eigenvalue weighted by atomic mass is 16.3. The average molecular weight is 253 g/mol. The van der Waals surface area contributed by atoms with Crippen molar-refractivity contribution < 1.29 is 9.90 Å². The molecule has 0 bridgehead atoms. The highest BCUT2D eigenvalue weighted by Crippen LogP contribution is 2.29. The Morgan fingerprint density at radius 3 is 2.61 bits per heavy atom. The van der Waals surface area contributed by atoms with Crippen molar-refractivity contribution in [3.05, 3.63) is 12.2 Å². The molecule has 0 aliphatic heterocycles. The van der Waals surface area contributed by atoms with Gasteiger partial charge in [0.05, 0.1) is 0 Å². The maximum Gasteiger partial charge on any atom is 0.223 e. The van der Waals surface area contributed by atoms with Gasteiger partial charge in [0.25, 0.3) is 0 Å². The van der Waals surface area contributed by atoms with Gasteiger partial charge in [-0.25, -0.2) is 0 Å². The zero-order valence-electron chi connectivity index (χ0n) is 11.7. The number of aliphatic hydroxyl groups excluding tert-OH is 1. The van der Waals surface area contributed by atoms with Crippen molar-refractivity contribution >= 4 is 5.91 Å². The standard InChI is InChI=1S/C15H27NO2/c1-3-15(4-2,10-11-17)12-16-14(18)13-8-6-5-7-9-13/h5-6,13,17H,3-4,7-12H2,1-2H3,(H,16,18). The molecule has 0 saturated heterocycles. The number of nitrogens with one attached hydrogen (secondary N) is 1. The van der Waals surface area contributed by atoms with Gasteiger partial charge in [0.2, 0.25) is 5.91 Å². The number of hydrogen-bond acceptors (Lipinski definition) is 2. The van der Waals surface area contributed by atoms with E-state index in [-0.39, 0.29) is 23.8 Å². The van der Waals surface area contributed by atoms with Crippen LogP contribution in [0.15, 0.2) is 12.2 Å². The molecule has 0 radical (unpaired) electrons. The van der Waals surface area contributed by atoms with E-state index in [1.54, 1.807) is 0 Å². The number of aliphatic hydroxyl groups is 1. The van der Waals surface area contributed by atoms with Crippen molar-refractivity contribution in [2.45, 2.75) is 52.4 Å². The van der Waals surface area contributed by atoms with Gasteiger partial charge in [0, 0.05) is 19.1 Å². The van der Waals surface area contributed by atoms with Gasteiger partial charge >= 0.3 is 0 Å². The molecular formula is C15H27NO2. The second-order valence-electron chi connectivity index (χ2n) is 5.38. The van der Waals surface area contributed by atoms with Crippen LogP contribution in [0.3, 0.4) is 0 Å². The molecule has 0 aromatic carbocycles. The van der Waals surface area contributed by atoms with E-state index in [0.29, 0.717) is 6.54 Å². The summed E-state index contributed by atoms with van der Waals surface area (Å²) >= 11 is 0. The number of allylic oxidation sites excluding steroid dienone is 2. The number of carbonyl (C=O) groups excluding carboxylic acids is 1. The van der Waals surface area contributed by atoms with Crippen LogP contribution < -0.4 is 5.32 Å². The molecule has 1 atom stereocenters. The molecule has 1 unspecified atom stereocenters. The Balaban J connectivity index is 2.46. The minimum absolute atomic E-state index is 0.0644. The molecule has 0 saturated carbocycles. The third-order valence-corrected chi connectivity index (χ3v) is 4.42. The zero-order valence-corrected chi connectivity index (χ0v) is 11.7. The average Bonchev–Trinajstić information content (AvgIpc) is 2.44. The van der Waals surface area contributed by atoms with Crippen LogP contribution in [0, 0.1) is 11.3 Å². The predicted molar refractivity (Wildman–Crippen MR) is 74.2 cm³/mol. The summed E-state index contributed by atoms with van der Waals surface area (Å²) < 4.78 is 0. The summed E-state index contributed by atoms with van der Waals surface area (Å²) in [6, 6.07) is 0. The van der Waals surface area contributed by atoms with Gasteiger partial charge in [-0.05, 0) is 43.9 Å². The fraction of sp³-hybridized carbons (Fsp3) is 0.800. The molecule has 1 rings (SSSR count). The third-order valence-electron chi connectivity index (χ3n) is 4.42. The Hall–Kier alpha value is -0.830. The Bertz CT molecular complexity index is 282. The van der Waals surface area contributed by atoms with E-state index in [1.807, 2.05) is 0 Å². The summed E-state index contributed by atoms with van der Waals surface area (Å²) in [5, 5.41) is 12.3. The predicted octanol–water partition coefficient (Wildman–Crippen LogP) is 2.65. The molecule has 0 fully saturated rings. The molecule has 0 aromatic rings. The molecule has 1 aliphatic rings. The Labute approximate surface area is 111 Å². The van der Waals surface area contributed by atoms with E-state index in [4.69, 9.17) is 5.11 Å².